The van der Waals surface area contributed by atoms with Gasteiger partial charge in [-0.3, -0.25) is 9.69 Å². The SMILES string of the molecule is O=C(O)CN1CCCN(C(=O)N2CC3CCC(C2)O3)CC1. The Balaban J connectivity index is 1.54. The van der Waals surface area contributed by atoms with E-state index < -0.39 is 5.97 Å². The minimum atomic E-state index is -0.806. The zero-order chi connectivity index (χ0) is 14.8. The van der Waals surface area contributed by atoms with E-state index in [1.165, 1.54) is 0 Å². The van der Waals surface area contributed by atoms with E-state index in [1.807, 2.05) is 14.7 Å². The summed E-state index contributed by atoms with van der Waals surface area (Å²) in [6, 6.07) is 0.0902. The number of amides is 2. The maximum absolute atomic E-state index is 12.6. The Kier molecular flexibility index (Phi) is 4.30. The fourth-order valence-corrected chi connectivity index (χ4v) is 3.48. The van der Waals surface area contributed by atoms with Crippen molar-refractivity contribution in [1.29, 1.82) is 0 Å². The Labute approximate surface area is 124 Å². The fraction of sp³-hybridized carbons (Fsp3) is 0.857. The molecule has 0 aromatic carbocycles. The second-order valence-corrected chi connectivity index (χ2v) is 6.16. The molecule has 1 N–H and O–H groups in total. The van der Waals surface area contributed by atoms with E-state index in [0.29, 0.717) is 32.7 Å². The summed E-state index contributed by atoms with van der Waals surface area (Å²) >= 11 is 0. The Morgan fingerprint density at radius 3 is 2.38 bits per heavy atom. The van der Waals surface area contributed by atoms with Crippen molar-refractivity contribution in [2.45, 2.75) is 31.5 Å². The second-order valence-electron chi connectivity index (χ2n) is 6.16. The molecule has 3 fully saturated rings. The highest BCUT2D eigenvalue weighted by atomic mass is 16.5. The van der Waals surface area contributed by atoms with Gasteiger partial charge in [-0.2, -0.15) is 0 Å². The van der Waals surface area contributed by atoms with Crippen molar-refractivity contribution in [2.24, 2.45) is 0 Å². The van der Waals surface area contributed by atoms with Crippen LogP contribution in [0.4, 0.5) is 4.79 Å². The summed E-state index contributed by atoms with van der Waals surface area (Å²) in [6.45, 7) is 4.15. The molecule has 3 rings (SSSR count). The van der Waals surface area contributed by atoms with Gasteiger partial charge in [0.2, 0.25) is 0 Å². The fourth-order valence-electron chi connectivity index (χ4n) is 3.48. The summed E-state index contributed by atoms with van der Waals surface area (Å²) in [5.41, 5.74) is 0. The molecule has 0 aromatic heterocycles. The normalized spacial score (nSPS) is 30.3. The molecule has 0 radical (unpaired) electrons. The number of fused-ring (bicyclic) bond motifs is 2. The molecule has 2 unspecified atom stereocenters. The van der Waals surface area contributed by atoms with Crippen LogP contribution in [0.2, 0.25) is 0 Å². The van der Waals surface area contributed by atoms with Gasteiger partial charge in [0.15, 0.2) is 0 Å². The molecule has 2 bridgehead atoms. The Hall–Kier alpha value is -1.34. The molecular weight excluding hydrogens is 274 g/mol. The van der Waals surface area contributed by atoms with Gasteiger partial charge in [-0.1, -0.05) is 0 Å². The maximum atomic E-state index is 12.6. The third-order valence-electron chi connectivity index (χ3n) is 4.53. The molecule has 0 aromatic rings. The predicted octanol–water partition coefficient (Wildman–Crippen LogP) is 0.0619. The minimum absolute atomic E-state index is 0.0593. The van der Waals surface area contributed by atoms with Crippen molar-refractivity contribution in [3.05, 3.63) is 0 Å². The first-order valence-electron chi connectivity index (χ1n) is 7.75. The number of ether oxygens (including phenoxy) is 1. The Morgan fingerprint density at radius 2 is 1.71 bits per heavy atom. The van der Waals surface area contributed by atoms with Crippen molar-refractivity contribution >= 4 is 12.0 Å². The van der Waals surface area contributed by atoms with Gasteiger partial charge in [0.05, 0.1) is 18.8 Å². The van der Waals surface area contributed by atoms with Crippen LogP contribution < -0.4 is 0 Å². The van der Waals surface area contributed by atoms with Gasteiger partial charge in [0, 0.05) is 39.3 Å². The van der Waals surface area contributed by atoms with E-state index in [0.717, 1.165) is 25.8 Å². The Morgan fingerprint density at radius 1 is 1.00 bits per heavy atom. The number of carboxylic acid groups (broad SMARTS) is 1. The first-order valence-corrected chi connectivity index (χ1v) is 7.75. The lowest BCUT2D eigenvalue weighted by Gasteiger charge is -2.35. The van der Waals surface area contributed by atoms with Crippen LogP contribution in [0.5, 0.6) is 0 Å². The number of hydrogen-bond donors (Lipinski definition) is 1. The van der Waals surface area contributed by atoms with Crippen molar-refractivity contribution in [3.8, 4) is 0 Å². The number of carbonyl (C=O) groups is 2. The average molecular weight is 297 g/mol. The number of morpholine rings is 1. The first-order chi connectivity index (χ1) is 10.1. The molecule has 3 aliphatic heterocycles. The van der Waals surface area contributed by atoms with Gasteiger partial charge >= 0.3 is 12.0 Å². The third-order valence-corrected chi connectivity index (χ3v) is 4.53. The number of rotatable bonds is 2. The molecule has 21 heavy (non-hydrogen) atoms. The van der Waals surface area contributed by atoms with Gasteiger partial charge in [-0.15, -0.1) is 0 Å². The van der Waals surface area contributed by atoms with Crippen molar-refractivity contribution in [1.82, 2.24) is 14.7 Å². The molecule has 7 nitrogen and oxygen atoms in total. The molecule has 118 valence electrons. The molecule has 0 saturated carbocycles. The van der Waals surface area contributed by atoms with E-state index in [1.54, 1.807) is 0 Å². The minimum Gasteiger partial charge on any atom is -0.480 e. The molecule has 2 atom stereocenters. The predicted molar refractivity (Wildman–Crippen MR) is 75.1 cm³/mol. The lowest BCUT2D eigenvalue weighted by molar-refractivity contribution is -0.138. The van der Waals surface area contributed by atoms with Crippen LogP contribution in [-0.4, -0.2) is 89.8 Å². The summed E-state index contributed by atoms with van der Waals surface area (Å²) in [4.78, 5) is 29.1. The molecule has 0 spiro atoms. The Bertz CT molecular complexity index is 405. The smallest absolute Gasteiger partial charge is 0.320 e. The van der Waals surface area contributed by atoms with Gasteiger partial charge < -0.3 is 19.6 Å². The monoisotopic (exact) mass is 297 g/mol. The summed E-state index contributed by atoms with van der Waals surface area (Å²) < 4.78 is 5.76. The van der Waals surface area contributed by atoms with Crippen LogP contribution in [0, 0.1) is 0 Å². The molecule has 3 aliphatic rings. The standard InChI is InChI=1S/C14H23N3O4/c18-13(19)10-15-4-1-5-16(7-6-15)14(20)17-8-11-2-3-12(9-17)21-11/h11-12H,1-10H2,(H,18,19). The van der Waals surface area contributed by atoms with E-state index >= 15 is 0 Å². The van der Waals surface area contributed by atoms with Crippen LogP contribution in [0.1, 0.15) is 19.3 Å². The quantitative estimate of drug-likeness (QED) is 0.780. The number of aliphatic carboxylic acids is 1. The van der Waals surface area contributed by atoms with E-state index in [2.05, 4.69) is 0 Å². The number of carboxylic acids is 1. The van der Waals surface area contributed by atoms with E-state index in [4.69, 9.17) is 9.84 Å². The number of carbonyl (C=O) groups excluding carboxylic acids is 1. The second kappa shape index (κ2) is 6.19. The highest BCUT2D eigenvalue weighted by molar-refractivity contribution is 5.75. The molecule has 3 saturated heterocycles. The number of likely N-dealkylation sites (tertiary alicyclic amines) is 1. The maximum Gasteiger partial charge on any atom is 0.320 e. The van der Waals surface area contributed by atoms with Gasteiger partial charge in [0.25, 0.3) is 0 Å². The summed E-state index contributed by atoms with van der Waals surface area (Å²) in [5.74, 6) is -0.806. The summed E-state index contributed by atoms with van der Waals surface area (Å²) in [5, 5.41) is 8.86. The van der Waals surface area contributed by atoms with Crippen LogP contribution in [-0.2, 0) is 9.53 Å². The third kappa shape index (κ3) is 3.47. The van der Waals surface area contributed by atoms with Crippen molar-refractivity contribution < 1.29 is 19.4 Å². The molecular formula is C14H23N3O4. The average Bonchev–Trinajstić information content (AvgIpc) is 2.65. The lowest BCUT2D eigenvalue weighted by Crippen LogP contribution is -2.52. The zero-order valence-corrected chi connectivity index (χ0v) is 12.2. The largest absolute Gasteiger partial charge is 0.480 e. The highest BCUT2D eigenvalue weighted by Gasteiger charge is 2.37. The van der Waals surface area contributed by atoms with Gasteiger partial charge in [-0.05, 0) is 19.3 Å². The lowest BCUT2D eigenvalue weighted by atomic mass is 10.2. The van der Waals surface area contributed by atoms with E-state index in [9.17, 15) is 9.59 Å². The zero-order valence-electron chi connectivity index (χ0n) is 12.2. The van der Waals surface area contributed by atoms with Crippen LogP contribution in [0.3, 0.4) is 0 Å². The number of urea groups is 1. The molecule has 2 amide bonds. The van der Waals surface area contributed by atoms with Crippen LogP contribution in [0.25, 0.3) is 0 Å². The molecule has 3 heterocycles. The van der Waals surface area contributed by atoms with Crippen LogP contribution >= 0.6 is 0 Å². The summed E-state index contributed by atoms with van der Waals surface area (Å²) in [6.07, 6.45) is 3.36. The van der Waals surface area contributed by atoms with Crippen LogP contribution in [0.15, 0.2) is 0 Å². The highest BCUT2D eigenvalue weighted by Crippen LogP contribution is 2.26. The van der Waals surface area contributed by atoms with Gasteiger partial charge in [0.1, 0.15) is 0 Å². The number of hydrogen-bond acceptors (Lipinski definition) is 4. The molecule has 0 aliphatic carbocycles. The topological polar surface area (TPSA) is 73.3 Å². The molecule has 7 heteroatoms. The van der Waals surface area contributed by atoms with Crippen molar-refractivity contribution in [2.75, 3.05) is 45.8 Å². The van der Waals surface area contributed by atoms with E-state index in [-0.39, 0.29) is 24.8 Å². The summed E-state index contributed by atoms with van der Waals surface area (Å²) in [7, 11) is 0. The van der Waals surface area contributed by atoms with Gasteiger partial charge in [-0.25, -0.2) is 4.79 Å². The number of nitrogens with zero attached hydrogens (tertiary/aromatic N) is 3. The first kappa shape index (κ1) is 14.6. The van der Waals surface area contributed by atoms with Crippen molar-refractivity contribution in [3.63, 3.8) is 0 Å².